The van der Waals surface area contributed by atoms with Gasteiger partial charge in [-0.1, -0.05) is 0 Å². The Labute approximate surface area is 328 Å². The van der Waals surface area contributed by atoms with Gasteiger partial charge in [0.15, 0.2) is 0 Å². The van der Waals surface area contributed by atoms with Crippen molar-refractivity contribution in [3.8, 4) is 22.3 Å². The van der Waals surface area contributed by atoms with Gasteiger partial charge in [-0.25, -0.2) is 0 Å². The summed E-state index contributed by atoms with van der Waals surface area (Å²) in [7, 11) is -2.16. The molecule has 0 N–H and O–H groups in total. The van der Waals surface area contributed by atoms with Crippen molar-refractivity contribution in [2.24, 2.45) is 0 Å². The maximum atomic E-state index is 2.74. The van der Waals surface area contributed by atoms with E-state index >= 15 is 0 Å². The first-order valence-electron chi connectivity index (χ1n) is 18.9. The predicted octanol–water partition coefficient (Wildman–Crippen LogP) is 7.86. The molecule has 1 aliphatic heterocycles. The van der Waals surface area contributed by atoms with Crippen LogP contribution in [0, 0.1) is 0 Å². The average molecular weight is 797 g/mol. The van der Waals surface area contributed by atoms with Crippen molar-refractivity contribution in [1.82, 2.24) is 0 Å². The normalized spacial score (nSPS) is 19.2. The van der Waals surface area contributed by atoms with E-state index in [9.17, 15) is 0 Å². The number of hydrogen-bond acceptors (Lipinski definition) is 0. The number of fused-ring (bicyclic) bond motifs is 8. The first kappa shape index (κ1) is 39.3. The summed E-state index contributed by atoms with van der Waals surface area (Å²) in [4.78, 5) is 0. The number of hydrogen-bond donors (Lipinski definition) is 0. The zero-order chi connectivity index (χ0) is 33.7. The van der Waals surface area contributed by atoms with E-state index in [4.69, 9.17) is 0 Å². The van der Waals surface area contributed by atoms with Crippen LogP contribution in [-0.2, 0) is 23.2 Å². The summed E-state index contributed by atoms with van der Waals surface area (Å²) < 4.78 is 1.35. The second-order valence-electron chi connectivity index (χ2n) is 15.4. The average Bonchev–Trinajstić information content (AvgIpc) is 3.62. The van der Waals surface area contributed by atoms with Gasteiger partial charge in [0.25, 0.3) is 0 Å². The minimum atomic E-state index is -2.16. The van der Waals surface area contributed by atoms with Crippen LogP contribution in [0.4, 0.5) is 0 Å². The third-order valence-corrected chi connectivity index (χ3v) is 20.6. The van der Waals surface area contributed by atoms with Gasteiger partial charge in [0.05, 0.1) is 0 Å². The van der Waals surface area contributed by atoms with Crippen LogP contribution in [0.1, 0.15) is 133 Å². The van der Waals surface area contributed by atoms with Crippen LogP contribution < -0.4 is 24.8 Å². The van der Waals surface area contributed by atoms with Crippen LogP contribution >= 0.6 is 0 Å². The van der Waals surface area contributed by atoms with Crippen LogP contribution in [0.15, 0.2) is 96.1 Å². The molecular weight excluding hydrogens is 743 g/mol. The Kier molecular flexibility index (Phi) is 12.5. The summed E-state index contributed by atoms with van der Waals surface area (Å²) in [6.45, 7) is 19.6. The van der Waals surface area contributed by atoms with Crippen molar-refractivity contribution in [1.29, 1.82) is 0 Å². The standard InChI is InChI=1S/C46H54Si.2ClH.Zr/c1-9-15-39-29-37-17-13-19-41(35-25-21-33(22-26-35)31(5)11-3)43(37)45(39)47(7,8)46-40(16-10-2)30-38-18-14-20-42(44(38)46)36-27-23-34(24-28-36)32(6)12-4;;;/h13-14,17-32H,9-12,15-16H2,1-8H3;2*1H;/q;;;+2/p-2. The molecule has 0 spiro atoms. The number of halogens is 2. The Morgan fingerprint density at radius 1 is 0.560 bits per heavy atom. The van der Waals surface area contributed by atoms with E-state index in [1.54, 1.807) is 22.3 Å². The third kappa shape index (κ3) is 6.48. The Morgan fingerprint density at radius 2 is 0.940 bits per heavy atom. The summed E-state index contributed by atoms with van der Waals surface area (Å²) in [5.74, 6) is 1.20. The van der Waals surface area contributed by atoms with Crippen LogP contribution in [0.25, 0.3) is 32.6 Å². The smallest absolute Gasteiger partial charge is 1.00 e. The number of benzene rings is 4. The maximum absolute atomic E-state index is 2.74. The van der Waals surface area contributed by atoms with Crippen LogP contribution in [0.3, 0.4) is 0 Å². The summed E-state index contributed by atoms with van der Waals surface area (Å²) in [6, 6.07) is 34.1. The Morgan fingerprint density at radius 3 is 1.28 bits per heavy atom. The molecule has 4 atom stereocenters. The van der Waals surface area contributed by atoms with Gasteiger partial charge in [-0.15, -0.1) is 0 Å². The molecule has 0 fully saturated rings. The molecule has 4 unspecified atom stereocenters. The molecule has 0 nitrogen and oxygen atoms in total. The van der Waals surface area contributed by atoms with Gasteiger partial charge in [-0.05, 0) is 0 Å². The zero-order valence-electron chi connectivity index (χ0n) is 31.4. The molecule has 1 heterocycles. The summed E-state index contributed by atoms with van der Waals surface area (Å²) in [5, 5.41) is 3.62. The molecule has 260 valence electrons. The van der Waals surface area contributed by atoms with Crippen molar-refractivity contribution >= 4 is 18.5 Å². The van der Waals surface area contributed by atoms with E-state index in [2.05, 4.69) is 140 Å². The van der Waals surface area contributed by atoms with Crippen LogP contribution in [0.2, 0.25) is 13.1 Å². The molecule has 0 saturated carbocycles. The van der Waals surface area contributed by atoms with Gasteiger partial charge >= 0.3 is 306 Å². The first-order chi connectivity index (χ1) is 23.2. The molecule has 0 saturated heterocycles. The second-order valence-corrected chi connectivity index (χ2v) is 23.3. The van der Waals surface area contributed by atoms with E-state index in [1.165, 1.54) is 71.9 Å². The minimum absolute atomic E-state index is 0. The molecule has 0 radical (unpaired) electrons. The van der Waals surface area contributed by atoms with Crippen molar-refractivity contribution in [3.05, 3.63) is 129 Å². The molecule has 4 bridgehead atoms. The van der Waals surface area contributed by atoms with E-state index in [1.807, 2.05) is 21.5 Å². The number of allylic oxidation sites excluding steroid dienone is 2. The van der Waals surface area contributed by atoms with E-state index in [0.717, 1.165) is 0 Å². The molecule has 2 aliphatic carbocycles. The molecule has 4 aromatic carbocycles. The minimum Gasteiger partial charge on any atom is -1.00 e. The van der Waals surface area contributed by atoms with Gasteiger partial charge in [0, 0.05) is 0 Å². The Bertz CT molecular complexity index is 1760. The second kappa shape index (κ2) is 16.0. The monoisotopic (exact) mass is 794 g/mol. The topological polar surface area (TPSA) is 0 Å². The summed E-state index contributed by atoms with van der Waals surface area (Å²) in [5.41, 5.74) is 19.1. The van der Waals surface area contributed by atoms with Gasteiger partial charge < -0.3 is 24.8 Å². The molecule has 0 amide bonds. The molecule has 0 aromatic heterocycles. The van der Waals surface area contributed by atoms with Crippen LogP contribution in [-0.4, -0.2) is 8.07 Å². The van der Waals surface area contributed by atoms with Gasteiger partial charge in [-0.3, -0.25) is 0 Å². The van der Waals surface area contributed by atoms with Crippen molar-refractivity contribution in [2.75, 3.05) is 0 Å². The van der Waals surface area contributed by atoms with Gasteiger partial charge in [0.2, 0.25) is 0 Å². The van der Waals surface area contributed by atoms with E-state index in [0.29, 0.717) is 19.1 Å². The maximum Gasteiger partial charge on any atom is -1.00 e. The fraction of sp³-hybridized carbons (Fsp3) is 0.391. The van der Waals surface area contributed by atoms with Crippen molar-refractivity contribution < 1.29 is 48.0 Å². The van der Waals surface area contributed by atoms with Crippen molar-refractivity contribution in [2.45, 2.75) is 112 Å². The van der Waals surface area contributed by atoms with E-state index in [-0.39, 0.29) is 24.8 Å². The predicted molar refractivity (Wildman–Crippen MR) is 208 cm³/mol. The number of rotatable bonds is 10. The van der Waals surface area contributed by atoms with Gasteiger partial charge in [0.1, 0.15) is 0 Å². The quantitative estimate of drug-likeness (QED) is 0.144. The molecule has 4 heteroatoms. The third-order valence-electron chi connectivity index (χ3n) is 12.1. The SMILES string of the molecule is CCCC1=C2c3c(-c4ccc(C(C)CC)cc4)cccc3[CH]1[Zr+2][CH]1C(CCC)=C(c3c(-c4ccc(C(C)CC)cc4)cccc31)[Si]2(C)C.[Cl-].[Cl-]. The van der Waals surface area contributed by atoms with Crippen molar-refractivity contribution in [3.63, 3.8) is 0 Å². The molecule has 3 aliphatic rings. The Balaban J connectivity index is 0.00000243. The largest absolute Gasteiger partial charge is 1.00 e. The molecular formula is C46H54Cl2SiZr. The summed E-state index contributed by atoms with van der Waals surface area (Å²) in [6.07, 6.45) is 7.34. The Hall–Kier alpha value is -1.96. The van der Waals surface area contributed by atoms with Crippen LogP contribution in [0.5, 0.6) is 0 Å². The van der Waals surface area contributed by atoms with Gasteiger partial charge in [-0.2, -0.15) is 0 Å². The zero-order valence-corrected chi connectivity index (χ0v) is 36.4. The molecule has 7 rings (SSSR count). The fourth-order valence-electron chi connectivity index (χ4n) is 9.28. The first-order valence-corrected chi connectivity index (χ1v) is 24.8. The fourth-order valence-corrected chi connectivity index (χ4v) is 19.5. The summed E-state index contributed by atoms with van der Waals surface area (Å²) >= 11 is -0.961. The molecule has 4 aromatic rings. The van der Waals surface area contributed by atoms with E-state index < -0.39 is 31.3 Å². The molecule has 50 heavy (non-hydrogen) atoms.